The Hall–Kier alpha value is -5.39. The zero-order valence-electron chi connectivity index (χ0n) is 20.8. The van der Waals surface area contributed by atoms with E-state index in [0.717, 1.165) is 11.1 Å². The Morgan fingerprint density at radius 2 is 1.97 bits per heavy atom. The number of para-hydroxylation sites is 2. The van der Waals surface area contributed by atoms with E-state index >= 15 is 0 Å². The monoisotopic (exact) mass is 529 g/mol. The van der Waals surface area contributed by atoms with Gasteiger partial charge in [-0.15, -0.1) is 5.10 Å². The smallest absolute Gasteiger partial charge is 0.294 e. The molecular formula is C27H23N5O7. The summed E-state index contributed by atoms with van der Waals surface area (Å²) in [7, 11) is 1.52. The van der Waals surface area contributed by atoms with Gasteiger partial charge in [0.25, 0.3) is 5.69 Å². The molecule has 0 saturated carbocycles. The molecule has 3 aromatic carbocycles. The van der Waals surface area contributed by atoms with Crippen LogP contribution in [0.2, 0.25) is 0 Å². The maximum Gasteiger partial charge on any atom is 0.294 e. The molecule has 0 fully saturated rings. The first-order valence-electron chi connectivity index (χ1n) is 11.8. The van der Waals surface area contributed by atoms with Crippen LogP contribution in [-0.4, -0.2) is 39.7 Å². The van der Waals surface area contributed by atoms with Crippen LogP contribution in [0.3, 0.4) is 0 Å². The summed E-state index contributed by atoms with van der Waals surface area (Å²) < 4.78 is 23.3. The summed E-state index contributed by atoms with van der Waals surface area (Å²) in [6, 6.07) is 17.0. The van der Waals surface area contributed by atoms with Gasteiger partial charge in [-0.2, -0.15) is 0 Å². The maximum absolute atomic E-state index is 12.3. The predicted octanol–water partition coefficient (Wildman–Crippen LogP) is 3.82. The minimum Gasteiger partial charge on any atom is -0.493 e. The Kier molecular flexibility index (Phi) is 7.35. The van der Waals surface area contributed by atoms with E-state index in [1.807, 2.05) is 18.2 Å². The Morgan fingerprint density at radius 1 is 1.13 bits per heavy atom. The van der Waals surface area contributed by atoms with Crippen LogP contribution in [0, 0.1) is 10.1 Å². The molecular weight excluding hydrogens is 506 g/mol. The van der Waals surface area contributed by atoms with Gasteiger partial charge in [0.2, 0.25) is 12.7 Å². The highest BCUT2D eigenvalue weighted by atomic mass is 16.7. The molecule has 1 N–H and O–H groups in total. The highest BCUT2D eigenvalue weighted by Crippen LogP contribution is 2.33. The Balaban J connectivity index is 1.17. The first-order valence-corrected chi connectivity index (χ1v) is 11.8. The van der Waals surface area contributed by atoms with Crippen molar-refractivity contribution >= 4 is 17.7 Å². The fraction of sp³-hybridized carbons (Fsp3) is 0.148. The number of benzene rings is 3. The fourth-order valence-corrected chi connectivity index (χ4v) is 3.82. The number of carbonyl (C=O) groups excluding carboxylic acids is 1. The van der Waals surface area contributed by atoms with E-state index in [2.05, 4.69) is 15.6 Å². The van der Waals surface area contributed by atoms with Gasteiger partial charge in [0.1, 0.15) is 18.0 Å². The van der Waals surface area contributed by atoms with Crippen LogP contribution in [0.25, 0.3) is 11.8 Å². The number of carbonyl (C=O) groups is 1. The van der Waals surface area contributed by atoms with Crippen molar-refractivity contribution < 1.29 is 28.7 Å². The first kappa shape index (κ1) is 25.3. The van der Waals surface area contributed by atoms with E-state index in [-0.39, 0.29) is 31.5 Å². The van der Waals surface area contributed by atoms with Crippen molar-refractivity contribution in [2.75, 3.05) is 13.9 Å². The fourth-order valence-electron chi connectivity index (χ4n) is 3.82. The lowest BCUT2D eigenvalue weighted by Crippen LogP contribution is -2.20. The number of nitro benzene ring substituents is 1. The van der Waals surface area contributed by atoms with E-state index in [0.29, 0.717) is 34.4 Å². The summed E-state index contributed by atoms with van der Waals surface area (Å²) in [6.07, 6.45) is 4.71. The summed E-state index contributed by atoms with van der Waals surface area (Å²) >= 11 is 0. The van der Waals surface area contributed by atoms with Crippen molar-refractivity contribution in [1.82, 2.24) is 20.3 Å². The summed E-state index contributed by atoms with van der Waals surface area (Å²) in [4.78, 5) is 23.1. The van der Waals surface area contributed by atoms with Crippen LogP contribution in [0.4, 0.5) is 5.69 Å². The topological polar surface area (TPSA) is 140 Å². The highest BCUT2D eigenvalue weighted by Gasteiger charge is 2.16. The molecule has 1 aliphatic heterocycles. The molecule has 4 aromatic rings. The number of hydrogen-bond acceptors (Lipinski definition) is 9. The number of aromatic nitrogens is 3. The van der Waals surface area contributed by atoms with Gasteiger partial charge >= 0.3 is 0 Å². The zero-order valence-corrected chi connectivity index (χ0v) is 20.8. The molecule has 1 aromatic heterocycles. The molecule has 39 heavy (non-hydrogen) atoms. The Morgan fingerprint density at radius 3 is 2.82 bits per heavy atom. The van der Waals surface area contributed by atoms with Gasteiger partial charge < -0.3 is 24.3 Å². The minimum atomic E-state index is -0.475. The lowest BCUT2D eigenvalue weighted by Gasteiger charge is -2.11. The number of nitrogens with one attached hydrogen (secondary N) is 1. The number of amides is 1. The van der Waals surface area contributed by atoms with Gasteiger partial charge in [-0.25, -0.2) is 4.68 Å². The molecule has 12 nitrogen and oxygen atoms in total. The van der Waals surface area contributed by atoms with Crippen molar-refractivity contribution in [3.63, 3.8) is 0 Å². The van der Waals surface area contributed by atoms with Gasteiger partial charge in [-0.1, -0.05) is 29.5 Å². The highest BCUT2D eigenvalue weighted by molar-refractivity contribution is 5.91. The van der Waals surface area contributed by atoms with Gasteiger partial charge in [0.15, 0.2) is 23.0 Å². The van der Waals surface area contributed by atoms with Crippen molar-refractivity contribution in [2.45, 2.75) is 13.2 Å². The summed E-state index contributed by atoms with van der Waals surface area (Å²) in [5.74, 6) is 2.02. The largest absolute Gasteiger partial charge is 0.493 e. The molecule has 1 aliphatic rings. The number of fused-ring (bicyclic) bond motifs is 1. The molecule has 0 atom stereocenters. The van der Waals surface area contributed by atoms with Gasteiger partial charge in [-0.3, -0.25) is 14.9 Å². The van der Waals surface area contributed by atoms with Crippen molar-refractivity contribution in [1.29, 1.82) is 0 Å². The molecule has 0 bridgehead atoms. The van der Waals surface area contributed by atoms with Crippen molar-refractivity contribution in [3.8, 4) is 28.7 Å². The lowest BCUT2D eigenvalue weighted by molar-refractivity contribution is -0.384. The standard InChI is InChI=1S/C27H23N5O7/c1-36-25-13-19(14-28-27(33)11-8-18-6-9-24-26(12-18)39-17-38-24)7-10-23(25)37-16-20-15-31(30-29-20)21-4-2-3-5-22(21)32(34)35/h2-13,15H,14,16-17H2,1H3,(H,28,33)/b11-8+. The number of rotatable bonds is 10. The van der Waals surface area contributed by atoms with Crippen LogP contribution in [0.15, 0.2) is 72.9 Å². The maximum atomic E-state index is 12.3. The average Bonchev–Trinajstić information content (AvgIpc) is 3.63. The van der Waals surface area contributed by atoms with Crippen LogP contribution in [0.1, 0.15) is 16.8 Å². The van der Waals surface area contributed by atoms with Crippen LogP contribution in [-0.2, 0) is 17.9 Å². The second-order valence-corrected chi connectivity index (χ2v) is 8.34. The quantitative estimate of drug-likeness (QED) is 0.184. The number of nitro groups is 1. The number of nitrogens with zero attached hydrogens (tertiary/aromatic N) is 4. The van der Waals surface area contributed by atoms with Gasteiger partial charge in [0.05, 0.1) is 18.2 Å². The molecule has 198 valence electrons. The van der Waals surface area contributed by atoms with E-state index in [9.17, 15) is 14.9 Å². The van der Waals surface area contributed by atoms with Crippen LogP contribution < -0.4 is 24.3 Å². The molecule has 12 heteroatoms. The minimum absolute atomic E-state index is 0.0672. The molecule has 0 aliphatic carbocycles. The van der Waals surface area contributed by atoms with Crippen molar-refractivity contribution in [3.05, 3.63) is 99.9 Å². The number of hydrogen-bond donors (Lipinski definition) is 1. The summed E-state index contributed by atoms with van der Waals surface area (Å²) in [5.41, 5.74) is 2.32. The van der Waals surface area contributed by atoms with Crippen LogP contribution in [0.5, 0.6) is 23.0 Å². The Labute approximate surface area is 222 Å². The van der Waals surface area contributed by atoms with Gasteiger partial charge in [0, 0.05) is 18.7 Å². The number of ether oxygens (including phenoxy) is 4. The van der Waals surface area contributed by atoms with Crippen LogP contribution >= 0.6 is 0 Å². The average molecular weight is 530 g/mol. The lowest BCUT2D eigenvalue weighted by atomic mass is 10.2. The second kappa shape index (κ2) is 11.3. The molecule has 5 rings (SSSR count). The molecule has 2 heterocycles. The molecule has 0 spiro atoms. The predicted molar refractivity (Wildman–Crippen MR) is 139 cm³/mol. The summed E-state index contributed by atoms with van der Waals surface area (Å²) in [5, 5.41) is 22.2. The summed E-state index contributed by atoms with van der Waals surface area (Å²) in [6.45, 7) is 0.543. The third-order valence-electron chi connectivity index (χ3n) is 5.76. The third kappa shape index (κ3) is 5.96. The first-order chi connectivity index (χ1) is 19.0. The molecule has 0 unspecified atom stereocenters. The second-order valence-electron chi connectivity index (χ2n) is 8.34. The molecule has 0 saturated heterocycles. The Bertz CT molecular complexity index is 1550. The van der Waals surface area contributed by atoms with E-state index in [1.165, 1.54) is 23.9 Å². The SMILES string of the molecule is COc1cc(CNC(=O)/C=C/c2ccc3c(c2)OCO3)ccc1OCc1cn(-c2ccccc2[N+](=O)[O-])nn1. The molecule has 0 radical (unpaired) electrons. The number of methoxy groups -OCH3 is 1. The van der Waals surface area contributed by atoms with E-state index in [4.69, 9.17) is 18.9 Å². The third-order valence-corrected chi connectivity index (χ3v) is 5.76. The zero-order chi connectivity index (χ0) is 27.2. The van der Waals surface area contributed by atoms with E-state index in [1.54, 1.807) is 48.7 Å². The van der Waals surface area contributed by atoms with Crippen molar-refractivity contribution in [2.24, 2.45) is 0 Å². The van der Waals surface area contributed by atoms with E-state index < -0.39 is 4.92 Å². The van der Waals surface area contributed by atoms with Gasteiger partial charge in [-0.05, 0) is 47.5 Å². The molecule has 1 amide bonds. The normalized spacial score (nSPS) is 11.9.